The van der Waals surface area contributed by atoms with Gasteiger partial charge in [-0.05, 0) is 19.1 Å². The Hall–Kier alpha value is -2.12. The Morgan fingerprint density at radius 1 is 1.14 bits per heavy atom. The van der Waals surface area contributed by atoms with Crippen LogP contribution in [0, 0.1) is 0 Å². The first-order valence-corrected chi connectivity index (χ1v) is 8.16. The van der Waals surface area contributed by atoms with Gasteiger partial charge in [0.15, 0.2) is 0 Å². The molecule has 118 valence electrons. The highest BCUT2D eigenvalue weighted by Gasteiger charge is 2.23. The van der Waals surface area contributed by atoms with Crippen LogP contribution >= 0.6 is 0 Å². The summed E-state index contributed by atoms with van der Waals surface area (Å²) in [5.74, 6) is -1.22. The van der Waals surface area contributed by atoms with E-state index in [1.165, 1.54) is 13.0 Å². The fraction of sp³-hybridized carbons (Fsp3) is 0.267. The fourth-order valence-corrected chi connectivity index (χ4v) is 3.65. The smallest absolute Gasteiger partial charge is 0.321 e. The Bertz CT molecular complexity index is 815. The Kier molecular flexibility index (Phi) is 4.39. The molecule has 0 spiro atoms. The highest BCUT2D eigenvalue weighted by molar-refractivity contribution is 7.89. The number of hydrogen-bond acceptors (Lipinski definition) is 4. The van der Waals surface area contributed by atoms with E-state index in [9.17, 15) is 13.2 Å². The van der Waals surface area contributed by atoms with Crippen LogP contribution in [0.25, 0.3) is 10.8 Å². The average Bonchev–Trinajstić information content (AvgIpc) is 2.45. The summed E-state index contributed by atoms with van der Waals surface area (Å²) >= 11 is 0. The minimum Gasteiger partial charge on any atom is -0.480 e. The lowest BCUT2D eigenvalue weighted by molar-refractivity contribution is -0.138. The van der Waals surface area contributed by atoms with Crippen LogP contribution in [0.1, 0.15) is 6.92 Å². The molecule has 0 radical (unpaired) electrons. The van der Waals surface area contributed by atoms with Gasteiger partial charge in [0.2, 0.25) is 10.0 Å². The second-order valence-corrected chi connectivity index (χ2v) is 6.89. The number of hydrogen-bond donors (Lipinski definition) is 2. The highest BCUT2D eigenvalue weighted by atomic mass is 32.2. The van der Waals surface area contributed by atoms with Gasteiger partial charge in [-0.15, -0.1) is 0 Å². The van der Waals surface area contributed by atoms with Gasteiger partial charge in [0.05, 0.1) is 4.90 Å². The quantitative estimate of drug-likeness (QED) is 0.874. The topological polar surface area (TPSA) is 86.7 Å². The minimum absolute atomic E-state index is 0.0711. The Morgan fingerprint density at radius 3 is 2.32 bits per heavy atom. The van der Waals surface area contributed by atoms with E-state index in [-0.39, 0.29) is 4.90 Å². The van der Waals surface area contributed by atoms with Crippen molar-refractivity contribution in [3.63, 3.8) is 0 Å². The molecule has 2 aromatic rings. The van der Waals surface area contributed by atoms with Gasteiger partial charge in [0, 0.05) is 30.6 Å². The van der Waals surface area contributed by atoms with E-state index in [0.29, 0.717) is 5.39 Å². The monoisotopic (exact) mass is 322 g/mol. The molecule has 2 N–H and O–H groups in total. The molecular weight excluding hydrogens is 304 g/mol. The number of nitrogens with one attached hydrogen (secondary N) is 1. The second kappa shape index (κ2) is 5.94. The van der Waals surface area contributed by atoms with Crippen molar-refractivity contribution in [2.75, 3.05) is 19.0 Å². The second-order valence-electron chi connectivity index (χ2n) is 5.20. The maximum absolute atomic E-state index is 12.5. The molecule has 2 rings (SSSR count). The van der Waals surface area contributed by atoms with Gasteiger partial charge in [-0.3, -0.25) is 4.79 Å². The number of nitrogens with zero attached hydrogens (tertiary/aromatic N) is 1. The van der Waals surface area contributed by atoms with E-state index >= 15 is 0 Å². The molecule has 0 aliphatic rings. The molecule has 6 nitrogen and oxygen atoms in total. The predicted molar refractivity (Wildman–Crippen MR) is 85.7 cm³/mol. The minimum atomic E-state index is -3.92. The van der Waals surface area contributed by atoms with Crippen molar-refractivity contribution in [2.45, 2.75) is 17.9 Å². The number of anilines is 1. The maximum atomic E-state index is 12.5. The first kappa shape index (κ1) is 16.3. The van der Waals surface area contributed by atoms with E-state index in [2.05, 4.69) is 4.72 Å². The lowest BCUT2D eigenvalue weighted by Gasteiger charge is -2.17. The van der Waals surface area contributed by atoms with Crippen LogP contribution < -0.4 is 9.62 Å². The van der Waals surface area contributed by atoms with Crippen LogP contribution in [0.3, 0.4) is 0 Å². The highest BCUT2D eigenvalue weighted by Crippen LogP contribution is 2.30. The number of rotatable bonds is 5. The average molecular weight is 322 g/mol. The van der Waals surface area contributed by atoms with Crippen molar-refractivity contribution < 1.29 is 18.3 Å². The summed E-state index contributed by atoms with van der Waals surface area (Å²) in [5, 5.41) is 10.2. The third kappa shape index (κ3) is 3.05. The zero-order valence-corrected chi connectivity index (χ0v) is 13.4. The van der Waals surface area contributed by atoms with Gasteiger partial charge in [0.25, 0.3) is 0 Å². The summed E-state index contributed by atoms with van der Waals surface area (Å²) in [6.45, 7) is 1.29. The van der Waals surface area contributed by atoms with E-state index in [1.54, 1.807) is 18.2 Å². The zero-order valence-electron chi connectivity index (χ0n) is 12.6. The van der Waals surface area contributed by atoms with Gasteiger partial charge in [-0.25, -0.2) is 8.42 Å². The molecular formula is C15H18N2O4S. The summed E-state index contributed by atoms with van der Waals surface area (Å²) in [4.78, 5) is 12.8. The maximum Gasteiger partial charge on any atom is 0.321 e. The lowest BCUT2D eigenvalue weighted by atomic mass is 10.1. The van der Waals surface area contributed by atoms with Gasteiger partial charge < -0.3 is 10.0 Å². The molecule has 0 aliphatic carbocycles. The number of carboxylic acid groups (broad SMARTS) is 1. The van der Waals surface area contributed by atoms with E-state index in [4.69, 9.17) is 5.11 Å². The summed E-state index contributed by atoms with van der Waals surface area (Å²) in [5.41, 5.74) is 0.890. The van der Waals surface area contributed by atoms with Gasteiger partial charge in [0.1, 0.15) is 6.04 Å². The van der Waals surface area contributed by atoms with Gasteiger partial charge in [-0.1, -0.05) is 24.3 Å². The van der Waals surface area contributed by atoms with Crippen molar-refractivity contribution in [1.29, 1.82) is 0 Å². The molecule has 1 atom stereocenters. The molecule has 0 heterocycles. The van der Waals surface area contributed by atoms with Gasteiger partial charge in [-0.2, -0.15) is 4.72 Å². The number of carboxylic acids is 1. The summed E-state index contributed by atoms with van der Waals surface area (Å²) in [6.07, 6.45) is 0. The molecule has 2 aromatic carbocycles. The lowest BCUT2D eigenvalue weighted by Crippen LogP contribution is -2.38. The van der Waals surface area contributed by atoms with Crippen molar-refractivity contribution in [3.05, 3.63) is 36.4 Å². The number of fused-ring (bicyclic) bond motifs is 1. The molecule has 0 bridgehead atoms. The SMILES string of the molecule is C[C@@H](NS(=O)(=O)c1cccc2c(N(C)C)cccc12)C(=O)O. The van der Waals surface area contributed by atoms with Crippen molar-refractivity contribution in [1.82, 2.24) is 4.72 Å². The van der Waals surface area contributed by atoms with Crippen molar-refractivity contribution in [3.8, 4) is 0 Å². The van der Waals surface area contributed by atoms with Crippen LogP contribution in [0.15, 0.2) is 41.3 Å². The number of sulfonamides is 1. The predicted octanol–water partition coefficient (Wildman–Crippen LogP) is 1.66. The standard InChI is InChI=1S/C15H18N2O4S/c1-10(15(18)19)16-22(20,21)14-9-5-6-11-12(14)7-4-8-13(11)17(2)3/h4-10,16H,1-3H3,(H,18,19)/t10-/m1/s1. The van der Waals surface area contributed by atoms with Gasteiger partial charge >= 0.3 is 5.97 Å². The molecule has 0 aliphatic heterocycles. The summed E-state index contributed by atoms with van der Waals surface area (Å²) in [7, 11) is -0.172. The Morgan fingerprint density at radius 2 is 1.73 bits per heavy atom. The zero-order chi connectivity index (χ0) is 16.5. The molecule has 7 heteroatoms. The third-order valence-corrected chi connectivity index (χ3v) is 4.93. The van der Waals surface area contributed by atoms with Crippen LogP contribution in [-0.4, -0.2) is 39.6 Å². The van der Waals surface area contributed by atoms with Crippen LogP contribution in [-0.2, 0) is 14.8 Å². The van der Waals surface area contributed by atoms with Crippen LogP contribution in [0.5, 0.6) is 0 Å². The fourth-order valence-electron chi connectivity index (χ4n) is 2.24. The molecule has 0 amide bonds. The molecule has 0 saturated carbocycles. The summed E-state index contributed by atoms with van der Waals surface area (Å²) in [6, 6.07) is 9.14. The van der Waals surface area contributed by atoms with Crippen LogP contribution in [0.2, 0.25) is 0 Å². The normalized spacial score (nSPS) is 13.0. The molecule has 0 unspecified atom stereocenters. The van der Waals surface area contributed by atoms with E-state index < -0.39 is 22.0 Å². The van der Waals surface area contributed by atoms with Crippen molar-refractivity contribution in [2.24, 2.45) is 0 Å². The van der Waals surface area contributed by atoms with E-state index in [0.717, 1.165) is 11.1 Å². The number of carbonyl (C=O) groups is 1. The van der Waals surface area contributed by atoms with Crippen LogP contribution in [0.4, 0.5) is 5.69 Å². The summed E-state index contributed by atoms with van der Waals surface area (Å²) < 4.78 is 27.1. The largest absolute Gasteiger partial charge is 0.480 e. The first-order valence-electron chi connectivity index (χ1n) is 6.68. The molecule has 0 saturated heterocycles. The molecule has 0 aromatic heterocycles. The Labute approximate surface area is 129 Å². The van der Waals surface area contributed by atoms with Crippen molar-refractivity contribution >= 4 is 32.5 Å². The molecule has 22 heavy (non-hydrogen) atoms. The number of benzene rings is 2. The molecule has 0 fully saturated rings. The Balaban J connectivity index is 2.62. The van der Waals surface area contributed by atoms with E-state index in [1.807, 2.05) is 31.1 Å². The first-order chi connectivity index (χ1) is 10.2. The number of aliphatic carboxylic acids is 1. The third-order valence-electron chi connectivity index (χ3n) is 3.33.